The van der Waals surface area contributed by atoms with E-state index in [0.717, 1.165) is 16.9 Å². The number of anilines is 2. The number of nitrogens with two attached hydrogens (primary N) is 1. The van der Waals surface area contributed by atoms with Crippen LogP contribution >= 0.6 is 12.4 Å². The minimum absolute atomic E-state index is 0. The van der Waals surface area contributed by atoms with Crippen LogP contribution in [0, 0.1) is 5.92 Å². The molecule has 152 valence electrons. The van der Waals surface area contributed by atoms with Crippen LogP contribution < -0.4 is 15.5 Å². The number of hydrogen-bond donors (Lipinski definition) is 1. The highest BCUT2D eigenvalue weighted by Crippen LogP contribution is 2.35. The molecular weight excluding hydrogens is 390 g/mol. The molecular formula is C21H24ClN5O2. The molecule has 1 aliphatic rings. The average molecular weight is 414 g/mol. The number of amides is 1. The molecule has 7 nitrogen and oxygen atoms in total. The first kappa shape index (κ1) is 20.8. The smallest absolute Gasteiger partial charge is 0.240 e. The van der Waals surface area contributed by atoms with Crippen LogP contribution in [0.3, 0.4) is 0 Å². The molecule has 2 N–H and O–H groups in total. The van der Waals surface area contributed by atoms with Gasteiger partial charge in [0, 0.05) is 6.54 Å². The van der Waals surface area contributed by atoms with Gasteiger partial charge in [0.05, 0.1) is 36.9 Å². The van der Waals surface area contributed by atoms with E-state index >= 15 is 0 Å². The lowest BCUT2D eigenvalue weighted by Crippen LogP contribution is -2.36. The van der Waals surface area contributed by atoms with E-state index in [1.807, 2.05) is 66.4 Å². The van der Waals surface area contributed by atoms with Gasteiger partial charge in [0.15, 0.2) is 5.82 Å². The number of halogens is 1. The van der Waals surface area contributed by atoms with Crippen LogP contribution in [0.1, 0.15) is 24.2 Å². The molecule has 1 aliphatic heterocycles. The Morgan fingerprint density at radius 2 is 1.76 bits per heavy atom. The van der Waals surface area contributed by atoms with Gasteiger partial charge >= 0.3 is 0 Å². The molecule has 0 aliphatic carbocycles. The minimum atomic E-state index is -0.169. The van der Waals surface area contributed by atoms with Crippen molar-refractivity contribution in [2.24, 2.45) is 11.7 Å². The molecule has 2 heterocycles. The Bertz CT molecular complexity index is 962. The molecule has 29 heavy (non-hydrogen) atoms. The number of nitrogens with zero attached hydrogens (tertiary/aromatic N) is 4. The maximum absolute atomic E-state index is 13.2. The molecule has 1 atom stereocenters. The molecule has 0 fully saturated rings. The van der Waals surface area contributed by atoms with Crippen LogP contribution in [-0.4, -0.2) is 22.6 Å². The lowest BCUT2D eigenvalue weighted by atomic mass is 10.1. The number of benzene rings is 2. The van der Waals surface area contributed by atoms with Gasteiger partial charge in [0.25, 0.3) is 0 Å². The Labute approximate surface area is 175 Å². The standard InChI is InChI=1S/C21H23N5O2.ClH/c1-15-12-25(14-19-23-20(11-22)28-24-19)17-9-5-6-10-18(17)26(21(15)27)13-16-7-3-2-4-8-16;/h2-10,15H,11-14,22H2,1H3;1H. The van der Waals surface area contributed by atoms with Gasteiger partial charge in [-0.1, -0.05) is 54.5 Å². The van der Waals surface area contributed by atoms with Crippen molar-refractivity contribution in [2.75, 3.05) is 16.3 Å². The Morgan fingerprint density at radius 3 is 2.45 bits per heavy atom. The van der Waals surface area contributed by atoms with E-state index in [-0.39, 0.29) is 30.8 Å². The molecule has 0 saturated carbocycles. The first-order chi connectivity index (χ1) is 13.7. The number of rotatable bonds is 5. The molecule has 8 heteroatoms. The Kier molecular flexibility index (Phi) is 6.51. The zero-order valence-electron chi connectivity index (χ0n) is 16.2. The van der Waals surface area contributed by atoms with Crippen molar-refractivity contribution in [3.8, 4) is 0 Å². The molecule has 3 aromatic rings. The highest BCUT2D eigenvalue weighted by molar-refractivity contribution is 5.99. The van der Waals surface area contributed by atoms with E-state index in [1.165, 1.54) is 0 Å². The maximum Gasteiger partial charge on any atom is 0.240 e. The molecule has 1 unspecified atom stereocenters. The summed E-state index contributed by atoms with van der Waals surface area (Å²) in [7, 11) is 0. The van der Waals surface area contributed by atoms with Gasteiger partial charge in [-0.25, -0.2) is 0 Å². The quantitative estimate of drug-likeness (QED) is 0.691. The monoisotopic (exact) mass is 413 g/mol. The molecule has 2 aromatic carbocycles. The normalized spacial score (nSPS) is 16.2. The number of fused-ring (bicyclic) bond motifs is 1. The third kappa shape index (κ3) is 4.41. The number of aromatic nitrogens is 2. The SMILES string of the molecule is CC1CN(Cc2noc(CN)n2)c2ccccc2N(Cc2ccccc2)C1=O.Cl. The predicted octanol–water partition coefficient (Wildman–Crippen LogP) is 3.14. The van der Waals surface area contributed by atoms with Crippen molar-refractivity contribution in [1.29, 1.82) is 0 Å². The van der Waals surface area contributed by atoms with Gasteiger partial charge < -0.3 is 20.1 Å². The van der Waals surface area contributed by atoms with E-state index in [9.17, 15) is 4.79 Å². The van der Waals surface area contributed by atoms with Gasteiger partial charge in [-0.2, -0.15) is 4.98 Å². The largest absolute Gasteiger partial charge is 0.361 e. The van der Waals surface area contributed by atoms with E-state index in [0.29, 0.717) is 31.3 Å². The van der Waals surface area contributed by atoms with Gasteiger partial charge in [0.1, 0.15) is 0 Å². The number of carbonyl (C=O) groups is 1. The van der Waals surface area contributed by atoms with Crippen molar-refractivity contribution in [3.05, 3.63) is 71.9 Å². The summed E-state index contributed by atoms with van der Waals surface area (Å²) in [6, 6.07) is 18.0. The summed E-state index contributed by atoms with van der Waals surface area (Å²) in [5, 5.41) is 4.01. The van der Waals surface area contributed by atoms with Crippen molar-refractivity contribution in [2.45, 2.75) is 26.6 Å². The van der Waals surface area contributed by atoms with Crippen LogP contribution in [0.25, 0.3) is 0 Å². The molecule has 0 radical (unpaired) electrons. The van der Waals surface area contributed by atoms with Crippen LogP contribution in [0.2, 0.25) is 0 Å². The summed E-state index contributed by atoms with van der Waals surface area (Å²) in [4.78, 5) is 21.5. The Hall–Kier alpha value is -2.90. The number of hydrogen-bond acceptors (Lipinski definition) is 6. The lowest BCUT2D eigenvalue weighted by Gasteiger charge is -2.26. The first-order valence-electron chi connectivity index (χ1n) is 9.36. The fraction of sp³-hybridized carbons (Fsp3) is 0.286. The molecule has 1 amide bonds. The average Bonchev–Trinajstić information content (AvgIpc) is 3.16. The van der Waals surface area contributed by atoms with Gasteiger partial charge in [0.2, 0.25) is 11.8 Å². The van der Waals surface area contributed by atoms with Crippen molar-refractivity contribution >= 4 is 29.7 Å². The Balaban J connectivity index is 0.00000240. The summed E-state index contributed by atoms with van der Waals surface area (Å²) in [6.45, 7) is 3.74. The van der Waals surface area contributed by atoms with Crippen molar-refractivity contribution in [3.63, 3.8) is 0 Å². The molecule has 4 rings (SSSR count). The van der Waals surface area contributed by atoms with Crippen molar-refractivity contribution < 1.29 is 9.32 Å². The highest BCUT2D eigenvalue weighted by atomic mass is 35.5. The minimum Gasteiger partial charge on any atom is -0.361 e. The second-order valence-corrected chi connectivity index (χ2v) is 6.99. The summed E-state index contributed by atoms with van der Waals surface area (Å²) < 4.78 is 5.13. The van der Waals surface area contributed by atoms with E-state index in [1.54, 1.807) is 0 Å². The zero-order valence-corrected chi connectivity index (χ0v) is 17.0. The number of para-hydroxylation sites is 2. The molecule has 1 aromatic heterocycles. The second kappa shape index (κ2) is 9.07. The van der Waals surface area contributed by atoms with Gasteiger partial charge in [-0.3, -0.25) is 4.79 Å². The van der Waals surface area contributed by atoms with E-state index < -0.39 is 0 Å². The Morgan fingerprint density at radius 1 is 1.07 bits per heavy atom. The van der Waals surface area contributed by atoms with E-state index in [2.05, 4.69) is 15.0 Å². The third-order valence-corrected chi connectivity index (χ3v) is 4.90. The van der Waals surface area contributed by atoms with Crippen LogP contribution in [-0.2, 0) is 24.4 Å². The van der Waals surface area contributed by atoms with Crippen molar-refractivity contribution in [1.82, 2.24) is 10.1 Å². The van der Waals surface area contributed by atoms with Gasteiger partial charge in [-0.15, -0.1) is 12.4 Å². The number of carbonyl (C=O) groups excluding carboxylic acids is 1. The molecule has 0 spiro atoms. The summed E-state index contributed by atoms with van der Waals surface area (Å²) in [6.07, 6.45) is 0. The maximum atomic E-state index is 13.2. The third-order valence-electron chi connectivity index (χ3n) is 4.90. The highest BCUT2D eigenvalue weighted by Gasteiger charge is 2.31. The molecule has 0 saturated heterocycles. The summed E-state index contributed by atoms with van der Waals surface area (Å²) in [5.41, 5.74) is 8.54. The van der Waals surface area contributed by atoms with Crippen LogP contribution in [0.15, 0.2) is 59.1 Å². The summed E-state index contributed by atoms with van der Waals surface area (Å²) >= 11 is 0. The fourth-order valence-corrected chi connectivity index (χ4v) is 3.54. The van der Waals surface area contributed by atoms with Crippen LogP contribution in [0.5, 0.6) is 0 Å². The predicted molar refractivity (Wildman–Crippen MR) is 114 cm³/mol. The fourth-order valence-electron chi connectivity index (χ4n) is 3.54. The van der Waals surface area contributed by atoms with Gasteiger partial charge in [-0.05, 0) is 17.7 Å². The lowest BCUT2D eigenvalue weighted by molar-refractivity contribution is -0.121. The van der Waals surface area contributed by atoms with E-state index in [4.69, 9.17) is 10.3 Å². The zero-order chi connectivity index (χ0) is 19.5. The summed E-state index contributed by atoms with van der Waals surface area (Å²) in [5.74, 6) is 0.908. The molecule has 0 bridgehead atoms. The second-order valence-electron chi connectivity index (χ2n) is 6.99. The first-order valence-corrected chi connectivity index (χ1v) is 9.36. The topological polar surface area (TPSA) is 88.5 Å². The van der Waals surface area contributed by atoms with Crippen LogP contribution in [0.4, 0.5) is 11.4 Å².